The Balaban J connectivity index is 1.65. The van der Waals surface area contributed by atoms with Crippen LogP contribution in [0.5, 0.6) is 5.75 Å². The average molecular weight is 355 g/mol. The predicted molar refractivity (Wildman–Crippen MR) is 99.1 cm³/mol. The van der Waals surface area contributed by atoms with Crippen LogP contribution in [0.4, 0.5) is 0 Å². The van der Waals surface area contributed by atoms with Gasteiger partial charge in [0, 0.05) is 43.3 Å². The van der Waals surface area contributed by atoms with Gasteiger partial charge in [0.15, 0.2) is 5.82 Å². The van der Waals surface area contributed by atoms with Gasteiger partial charge in [-0.3, -0.25) is 9.69 Å². The summed E-state index contributed by atoms with van der Waals surface area (Å²) >= 11 is 0. The Hall–Kier alpha value is -2.47. The molecule has 2 heterocycles. The predicted octanol–water partition coefficient (Wildman–Crippen LogP) is 3.15. The van der Waals surface area contributed by atoms with E-state index >= 15 is 0 Å². The topological polar surface area (TPSA) is 75.6 Å². The van der Waals surface area contributed by atoms with Crippen molar-refractivity contribution in [1.82, 2.24) is 14.9 Å². The molecule has 2 aromatic rings. The normalized spacial score (nSPS) is 14.3. The Morgan fingerprint density at radius 2 is 2.08 bits per heavy atom. The first kappa shape index (κ1) is 18.3. The van der Waals surface area contributed by atoms with Crippen molar-refractivity contribution in [3.63, 3.8) is 0 Å². The molecule has 0 saturated heterocycles. The first-order valence-electron chi connectivity index (χ1n) is 9.07. The molecule has 0 atom stereocenters. The van der Waals surface area contributed by atoms with Crippen LogP contribution in [0.2, 0.25) is 0 Å². The molecule has 1 aliphatic heterocycles. The molecule has 0 spiro atoms. The third-order valence-electron chi connectivity index (χ3n) is 4.36. The van der Waals surface area contributed by atoms with Gasteiger partial charge >= 0.3 is 5.97 Å². The van der Waals surface area contributed by atoms with Crippen molar-refractivity contribution in [3.05, 3.63) is 41.7 Å². The summed E-state index contributed by atoms with van der Waals surface area (Å²) in [6.07, 6.45) is 3.81. The summed E-state index contributed by atoms with van der Waals surface area (Å²) in [6.45, 7) is 6.50. The molecule has 1 aromatic heterocycles. The molecule has 3 rings (SSSR count). The van der Waals surface area contributed by atoms with E-state index in [2.05, 4.69) is 9.88 Å². The summed E-state index contributed by atoms with van der Waals surface area (Å²) in [5.74, 6) is 0.845. The molecule has 6 nitrogen and oxygen atoms in total. The monoisotopic (exact) mass is 355 g/mol. The van der Waals surface area contributed by atoms with E-state index in [1.165, 1.54) is 0 Å². The standard InChI is InChI=1S/C20H25N3O3/c1-14(2)26-17-7-5-15(6-8-17)20-21-12-16-13-23(10-3-4-19(24)25)11-9-18(16)22-20/h5-8,12,14H,3-4,9-11,13H2,1-2H3,(H,24,25). The molecule has 0 fully saturated rings. The summed E-state index contributed by atoms with van der Waals surface area (Å²) in [5, 5.41) is 8.75. The zero-order valence-electron chi connectivity index (χ0n) is 15.3. The van der Waals surface area contributed by atoms with Crippen LogP contribution in [0, 0.1) is 0 Å². The molecule has 0 amide bonds. The van der Waals surface area contributed by atoms with Gasteiger partial charge in [-0.05, 0) is 51.1 Å². The first-order chi connectivity index (χ1) is 12.5. The Morgan fingerprint density at radius 1 is 1.31 bits per heavy atom. The van der Waals surface area contributed by atoms with Crippen LogP contribution in [0.3, 0.4) is 0 Å². The van der Waals surface area contributed by atoms with E-state index in [0.717, 1.165) is 54.4 Å². The first-order valence-corrected chi connectivity index (χ1v) is 9.07. The number of carboxylic acids is 1. The van der Waals surface area contributed by atoms with E-state index in [0.29, 0.717) is 6.42 Å². The van der Waals surface area contributed by atoms with Gasteiger partial charge in [0.25, 0.3) is 0 Å². The molecule has 0 unspecified atom stereocenters. The number of aromatic nitrogens is 2. The lowest BCUT2D eigenvalue weighted by atomic mass is 10.1. The fourth-order valence-corrected chi connectivity index (χ4v) is 3.11. The fraction of sp³-hybridized carbons (Fsp3) is 0.450. The van der Waals surface area contributed by atoms with E-state index in [-0.39, 0.29) is 12.5 Å². The number of carboxylic acid groups (broad SMARTS) is 1. The van der Waals surface area contributed by atoms with E-state index in [1.54, 1.807) is 0 Å². The van der Waals surface area contributed by atoms with Gasteiger partial charge < -0.3 is 9.84 Å². The number of nitrogens with zero attached hydrogens (tertiary/aromatic N) is 3. The van der Waals surface area contributed by atoms with Crippen LogP contribution < -0.4 is 4.74 Å². The van der Waals surface area contributed by atoms with Crippen molar-refractivity contribution in [3.8, 4) is 17.1 Å². The van der Waals surface area contributed by atoms with E-state index in [1.807, 2.05) is 44.3 Å². The minimum Gasteiger partial charge on any atom is -0.491 e. The maximum Gasteiger partial charge on any atom is 0.303 e. The van der Waals surface area contributed by atoms with Gasteiger partial charge in [0.05, 0.1) is 11.8 Å². The number of rotatable bonds is 7. The highest BCUT2D eigenvalue weighted by molar-refractivity contribution is 5.66. The van der Waals surface area contributed by atoms with Gasteiger partial charge in [0.1, 0.15) is 5.75 Å². The highest BCUT2D eigenvalue weighted by Gasteiger charge is 2.18. The summed E-state index contributed by atoms with van der Waals surface area (Å²) in [6, 6.07) is 7.87. The smallest absolute Gasteiger partial charge is 0.303 e. The highest BCUT2D eigenvalue weighted by Crippen LogP contribution is 2.23. The maximum absolute atomic E-state index is 10.6. The second-order valence-electron chi connectivity index (χ2n) is 6.88. The van der Waals surface area contributed by atoms with E-state index in [9.17, 15) is 4.79 Å². The van der Waals surface area contributed by atoms with Crippen LogP contribution in [0.1, 0.15) is 37.9 Å². The molecule has 0 bridgehead atoms. The molecule has 1 aliphatic rings. The van der Waals surface area contributed by atoms with Crippen LogP contribution in [-0.4, -0.2) is 45.1 Å². The molecule has 1 aromatic carbocycles. The van der Waals surface area contributed by atoms with Crippen molar-refractivity contribution in [2.75, 3.05) is 13.1 Å². The quantitative estimate of drug-likeness (QED) is 0.822. The van der Waals surface area contributed by atoms with Crippen LogP contribution in [0.25, 0.3) is 11.4 Å². The Morgan fingerprint density at radius 3 is 2.77 bits per heavy atom. The third-order valence-corrected chi connectivity index (χ3v) is 4.36. The number of aliphatic carboxylic acids is 1. The molecule has 0 aliphatic carbocycles. The lowest BCUT2D eigenvalue weighted by Gasteiger charge is -2.27. The van der Waals surface area contributed by atoms with Crippen LogP contribution in [-0.2, 0) is 17.8 Å². The zero-order valence-corrected chi connectivity index (χ0v) is 15.3. The number of ether oxygens (including phenoxy) is 1. The van der Waals surface area contributed by atoms with E-state index < -0.39 is 5.97 Å². The molecule has 0 saturated carbocycles. The average Bonchev–Trinajstić information content (AvgIpc) is 2.61. The van der Waals surface area contributed by atoms with Gasteiger partial charge in [-0.1, -0.05) is 0 Å². The number of fused-ring (bicyclic) bond motifs is 1. The van der Waals surface area contributed by atoms with Crippen LogP contribution >= 0.6 is 0 Å². The second kappa shape index (κ2) is 8.27. The molecule has 6 heteroatoms. The Kier molecular flexibility index (Phi) is 5.83. The lowest BCUT2D eigenvalue weighted by molar-refractivity contribution is -0.137. The highest BCUT2D eigenvalue weighted by atomic mass is 16.5. The number of hydrogen-bond donors (Lipinski definition) is 1. The Labute approximate surface area is 153 Å². The minimum absolute atomic E-state index is 0.152. The fourth-order valence-electron chi connectivity index (χ4n) is 3.11. The summed E-state index contributed by atoms with van der Waals surface area (Å²) in [5.41, 5.74) is 3.20. The number of carbonyl (C=O) groups is 1. The zero-order chi connectivity index (χ0) is 18.5. The molecule has 1 N–H and O–H groups in total. The van der Waals surface area contributed by atoms with Gasteiger partial charge in [0.2, 0.25) is 0 Å². The maximum atomic E-state index is 10.6. The molecule has 138 valence electrons. The summed E-state index contributed by atoms with van der Waals surface area (Å²) in [7, 11) is 0. The molecular weight excluding hydrogens is 330 g/mol. The van der Waals surface area contributed by atoms with Crippen molar-refractivity contribution in [2.24, 2.45) is 0 Å². The van der Waals surface area contributed by atoms with Gasteiger partial charge in [-0.2, -0.15) is 0 Å². The van der Waals surface area contributed by atoms with Crippen molar-refractivity contribution < 1.29 is 14.6 Å². The van der Waals surface area contributed by atoms with Gasteiger partial charge in [-0.25, -0.2) is 9.97 Å². The van der Waals surface area contributed by atoms with E-state index in [4.69, 9.17) is 14.8 Å². The summed E-state index contributed by atoms with van der Waals surface area (Å²) < 4.78 is 5.67. The number of hydrogen-bond acceptors (Lipinski definition) is 5. The summed E-state index contributed by atoms with van der Waals surface area (Å²) in [4.78, 5) is 22.2. The minimum atomic E-state index is -0.736. The lowest BCUT2D eigenvalue weighted by Crippen LogP contribution is -2.32. The Bertz CT molecular complexity index is 759. The third kappa shape index (κ3) is 4.79. The SMILES string of the molecule is CC(C)Oc1ccc(-c2ncc3c(n2)CCN(CCCC(=O)O)C3)cc1. The molecular formula is C20H25N3O3. The number of benzene rings is 1. The second-order valence-corrected chi connectivity index (χ2v) is 6.88. The van der Waals surface area contributed by atoms with Crippen molar-refractivity contribution in [2.45, 2.75) is 45.8 Å². The van der Waals surface area contributed by atoms with Crippen molar-refractivity contribution >= 4 is 5.97 Å². The van der Waals surface area contributed by atoms with Crippen LogP contribution in [0.15, 0.2) is 30.5 Å². The molecule has 26 heavy (non-hydrogen) atoms. The van der Waals surface area contributed by atoms with Crippen molar-refractivity contribution in [1.29, 1.82) is 0 Å². The largest absolute Gasteiger partial charge is 0.491 e. The molecule has 0 radical (unpaired) electrons. The van der Waals surface area contributed by atoms with Gasteiger partial charge in [-0.15, -0.1) is 0 Å².